The van der Waals surface area contributed by atoms with E-state index < -0.39 is 0 Å². The summed E-state index contributed by atoms with van der Waals surface area (Å²) in [4.78, 5) is 16.9. The second kappa shape index (κ2) is 6.52. The molecular formula is C16H15FN8O2. The SMILES string of the molecule is COc1ccnc(-c2cc(Nc3cc(OF)c4cnn(C)c4n3)n(C)n2)n1. The van der Waals surface area contributed by atoms with Crippen molar-refractivity contribution in [2.75, 3.05) is 12.4 Å². The molecule has 0 bridgehead atoms. The molecule has 11 heteroatoms. The van der Waals surface area contributed by atoms with Crippen LogP contribution in [0.25, 0.3) is 22.6 Å². The van der Waals surface area contributed by atoms with Crippen LogP contribution in [0.15, 0.2) is 30.6 Å². The van der Waals surface area contributed by atoms with Gasteiger partial charge in [0.25, 0.3) is 0 Å². The molecular weight excluding hydrogens is 355 g/mol. The number of nitrogens with one attached hydrogen (secondary N) is 1. The number of ether oxygens (including phenoxy) is 1. The molecule has 0 amide bonds. The summed E-state index contributed by atoms with van der Waals surface area (Å²) in [5.41, 5.74) is 1.02. The second-order valence-electron chi connectivity index (χ2n) is 5.67. The zero-order chi connectivity index (χ0) is 19.0. The third-order valence-corrected chi connectivity index (χ3v) is 3.95. The van der Waals surface area contributed by atoms with Crippen molar-refractivity contribution < 1.29 is 14.2 Å². The van der Waals surface area contributed by atoms with Gasteiger partial charge in [-0.25, -0.2) is 9.97 Å². The van der Waals surface area contributed by atoms with Gasteiger partial charge in [-0.05, 0) is 0 Å². The average molecular weight is 370 g/mol. The molecule has 4 aromatic heterocycles. The molecule has 0 atom stereocenters. The van der Waals surface area contributed by atoms with Gasteiger partial charge < -0.3 is 10.1 Å². The van der Waals surface area contributed by atoms with E-state index in [4.69, 9.17) is 4.74 Å². The molecule has 4 aromatic rings. The fourth-order valence-electron chi connectivity index (χ4n) is 2.62. The Kier molecular flexibility index (Phi) is 4.03. The first kappa shape index (κ1) is 16.7. The van der Waals surface area contributed by atoms with Crippen LogP contribution >= 0.6 is 0 Å². The fraction of sp³-hybridized carbons (Fsp3) is 0.188. The maximum absolute atomic E-state index is 12.9. The number of hydrogen-bond donors (Lipinski definition) is 1. The lowest BCUT2D eigenvalue weighted by atomic mass is 10.3. The maximum Gasteiger partial charge on any atom is 0.216 e. The molecule has 1 N–H and O–H groups in total. The van der Waals surface area contributed by atoms with Crippen molar-refractivity contribution in [3.63, 3.8) is 0 Å². The number of methoxy groups -OCH3 is 1. The van der Waals surface area contributed by atoms with E-state index in [1.54, 1.807) is 37.1 Å². The summed E-state index contributed by atoms with van der Waals surface area (Å²) < 4.78 is 21.2. The highest BCUT2D eigenvalue weighted by Crippen LogP contribution is 2.29. The van der Waals surface area contributed by atoms with Gasteiger partial charge in [-0.15, -0.1) is 0 Å². The number of rotatable bonds is 5. The van der Waals surface area contributed by atoms with Gasteiger partial charge in [0.2, 0.25) is 5.88 Å². The number of hydrogen-bond acceptors (Lipinski definition) is 8. The Morgan fingerprint density at radius 2 is 2.00 bits per heavy atom. The molecule has 27 heavy (non-hydrogen) atoms. The molecule has 138 valence electrons. The van der Waals surface area contributed by atoms with Crippen LogP contribution in [0.1, 0.15) is 0 Å². The number of halogens is 1. The zero-order valence-electron chi connectivity index (χ0n) is 14.7. The van der Waals surface area contributed by atoms with Crippen molar-refractivity contribution in [2.45, 2.75) is 0 Å². The molecule has 4 heterocycles. The first-order chi connectivity index (χ1) is 13.1. The molecule has 4 rings (SSSR count). The summed E-state index contributed by atoms with van der Waals surface area (Å²) in [7, 11) is 4.99. The van der Waals surface area contributed by atoms with E-state index in [9.17, 15) is 4.53 Å². The maximum atomic E-state index is 12.9. The normalized spacial score (nSPS) is 11.0. The second-order valence-corrected chi connectivity index (χ2v) is 5.67. The molecule has 0 unspecified atom stereocenters. The van der Waals surface area contributed by atoms with E-state index in [1.165, 1.54) is 24.1 Å². The molecule has 10 nitrogen and oxygen atoms in total. The van der Waals surface area contributed by atoms with E-state index in [1.807, 2.05) is 0 Å². The van der Waals surface area contributed by atoms with Crippen molar-refractivity contribution in [1.29, 1.82) is 0 Å². The van der Waals surface area contributed by atoms with Crippen LogP contribution in [-0.4, -0.2) is 41.6 Å². The molecule has 0 saturated carbocycles. The fourth-order valence-corrected chi connectivity index (χ4v) is 2.62. The van der Waals surface area contributed by atoms with E-state index in [-0.39, 0.29) is 5.75 Å². The molecule has 0 aromatic carbocycles. The van der Waals surface area contributed by atoms with E-state index >= 15 is 0 Å². The Hall–Kier alpha value is -3.76. The molecule has 0 aliphatic heterocycles. The number of anilines is 2. The summed E-state index contributed by atoms with van der Waals surface area (Å²) in [5, 5.41) is 12.0. The van der Waals surface area contributed by atoms with Gasteiger partial charge in [0, 0.05) is 43.0 Å². The average Bonchev–Trinajstić information content (AvgIpc) is 3.24. The summed E-state index contributed by atoms with van der Waals surface area (Å²) in [6.07, 6.45) is 3.08. The van der Waals surface area contributed by atoms with Crippen LogP contribution in [0.3, 0.4) is 0 Å². The largest absolute Gasteiger partial charge is 0.481 e. The zero-order valence-corrected chi connectivity index (χ0v) is 14.7. The Bertz CT molecular complexity index is 1120. The predicted octanol–water partition coefficient (Wildman–Crippen LogP) is 2.17. The van der Waals surface area contributed by atoms with Gasteiger partial charge in [-0.3, -0.25) is 14.3 Å². The van der Waals surface area contributed by atoms with E-state index in [0.717, 1.165) is 0 Å². The van der Waals surface area contributed by atoms with Crippen LogP contribution in [0.2, 0.25) is 0 Å². The number of fused-ring (bicyclic) bond motifs is 1. The quantitative estimate of drug-likeness (QED) is 0.570. The first-order valence-corrected chi connectivity index (χ1v) is 7.89. The van der Waals surface area contributed by atoms with Crippen LogP contribution in [-0.2, 0) is 14.1 Å². The Morgan fingerprint density at radius 3 is 2.78 bits per heavy atom. The lowest BCUT2D eigenvalue weighted by Crippen LogP contribution is -2.02. The number of nitrogens with zero attached hydrogens (tertiary/aromatic N) is 7. The number of aryl methyl sites for hydroxylation is 2. The third kappa shape index (κ3) is 2.99. The minimum absolute atomic E-state index is 0.0223. The van der Waals surface area contributed by atoms with Gasteiger partial charge in [-0.2, -0.15) is 15.2 Å². The highest BCUT2D eigenvalue weighted by atomic mass is 19.3. The van der Waals surface area contributed by atoms with Gasteiger partial charge in [0.1, 0.15) is 17.3 Å². The van der Waals surface area contributed by atoms with Gasteiger partial charge in [0.15, 0.2) is 17.2 Å². The van der Waals surface area contributed by atoms with Crippen molar-refractivity contribution in [3.05, 3.63) is 30.6 Å². The molecule has 0 spiro atoms. The van der Waals surface area contributed by atoms with Crippen LogP contribution in [0.5, 0.6) is 11.6 Å². The molecule has 0 radical (unpaired) electrons. The van der Waals surface area contributed by atoms with Gasteiger partial charge in [0.05, 0.1) is 18.7 Å². The number of aromatic nitrogens is 7. The van der Waals surface area contributed by atoms with Gasteiger partial charge in [-0.1, -0.05) is 0 Å². The number of pyridine rings is 1. The first-order valence-electron chi connectivity index (χ1n) is 7.89. The minimum atomic E-state index is 0.0223. The van der Waals surface area contributed by atoms with Crippen LogP contribution in [0, 0.1) is 0 Å². The smallest absolute Gasteiger partial charge is 0.216 e. The summed E-state index contributed by atoms with van der Waals surface area (Å²) in [5.74, 6) is 1.86. The lowest BCUT2D eigenvalue weighted by molar-refractivity contribution is -0.00422. The summed E-state index contributed by atoms with van der Waals surface area (Å²) >= 11 is 0. The third-order valence-electron chi connectivity index (χ3n) is 3.95. The predicted molar refractivity (Wildman–Crippen MR) is 94.3 cm³/mol. The monoisotopic (exact) mass is 370 g/mol. The van der Waals surface area contributed by atoms with Crippen LogP contribution < -0.4 is 15.0 Å². The molecule has 0 saturated heterocycles. The van der Waals surface area contributed by atoms with Crippen molar-refractivity contribution in [3.8, 4) is 23.1 Å². The Balaban J connectivity index is 1.70. The molecule has 0 aliphatic rings. The van der Waals surface area contributed by atoms with E-state index in [2.05, 4.69) is 35.4 Å². The topological polar surface area (TPSA) is 105 Å². The Morgan fingerprint density at radius 1 is 1.15 bits per heavy atom. The van der Waals surface area contributed by atoms with Crippen molar-refractivity contribution in [1.82, 2.24) is 34.5 Å². The standard InChI is InChI=1S/C16H15FN8O2/c1-24-13(6-10(23-24)15-18-5-4-14(22-15)26-3)20-12-7-11(27-17)9-8-19-25(2)16(9)21-12/h4-8H,1-3H3,(H,20,21). The van der Waals surface area contributed by atoms with Crippen molar-refractivity contribution in [2.24, 2.45) is 14.1 Å². The molecule has 0 fully saturated rings. The highest BCUT2D eigenvalue weighted by molar-refractivity contribution is 5.84. The lowest BCUT2D eigenvalue weighted by Gasteiger charge is -2.07. The summed E-state index contributed by atoms with van der Waals surface area (Å²) in [6, 6.07) is 4.84. The molecule has 0 aliphatic carbocycles. The van der Waals surface area contributed by atoms with Crippen molar-refractivity contribution >= 4 is 22.7 Å². The van der Waals surface area contributed by atoms with Gasteiger partial charge >= 0.3 is 0 Å². The van der Waals surface area contributed by atoms with E-state index in [0.29, 0.717) is 40.1 Å². The minimum Gasteiger partial charge on any atom is -0.481 e. The highest BCUT2D eigenvalue weighted by Gasteiger charge is 2.15. The summed E-state index contributed by atoms with van der Waals surface area (Å²) in [6.45, 7) is 0. The Labute approximate surface area is 152 Å². The van der Waals surface area contributed by atoms with Crippen LogP contribution in [0.4, 0.5) is 16.2 Å².